The number of hydrogen-bond acceptors (Lipinski definition) is 7. The first-order chi connectivity index (χ1) is 55.7. The number of allylic oxidation sites excluding steroid dienone is 1. The van der Waals surface area contributed by atoms with E-state index < -0.39 is 11.2 Å². The molecule has 0 radical (unpaired) electrons. The van der Waals surface area contributed by atoms with Crippen LogP contribution in [0, 0.1) is 172 Å². The van der Waals surface area contributed by atoms with E-state index >= 15 is 0 Å². The van der Waals surface area contributed by atoms with Crippen LogP contribution >= 0.6 is 0 Å². The number of aliphatic hydroxyl groups is 2. The van der Waals surface area contributed by atoms with Crippen molar-refractivity contribution in [1.82, 2.24) is 20.5 Å². The number of amides is 1. The normalized spacial score (nSPS) is 17.5. The molecule has 4 aliphatic rings. The van der Waals surface area contributed by atoms with Crippen molar-refractivity contribution in [3.63, 3.8) is 0 Å². The Labute approximate surface area is 738 Å². The Hall–Kier alpha value is -8.48. The lowest BCUT2D eigenvalue weighted by molar-refractivity contribution is -0.118. The van der Waals surface area contributed by atoms with Gasteiger partial charge < -0.3 is 26.6 Å². The Balaban J connectivity index is 0. The third-order valence-electron chi connectivity index (χ3n) is 20.4. The molecule has 1 amide bonds. The first kappa shape index (κ1) is 114. The van der Waals surface area contributed by atoms with Gasteiger partial charge in [0.25, 0.3) is 0 Å². The third-order valence-corrected chi connectivity index (χ3v) is 20.4. The van der Waals surface area contributed by atoms with E-state index in [9.17, 15) is 15.0 Å². The first-order valence-corrected chi connectivity index (χ1v) is 44.4. The minimum absolute atomic E-state index is 0. The van der Waals surface area contributed by atoms with E-state index in [1.807, 2.05) is 89.3 Å². The fraction of sp³-hybridized carbons (Fsp3) is 0.571. The van der Waals surface area contributed by atoms with Gasteiger partial charge in [0.1, 0.15) is 16.9 Å². The molecule has 7 unspecified atom stereocenters. The van der Waals surface area contributed by atoms with Crippen LogP contribution < -0.4 is 16.4 Å². The summed E-state index contributed by atoms with van der Waals surface area (Å²) in [6.07, 6.45) is 19.7. The summed E-state index contributed by atoms with van der Waals surface area (Å²) in [4.78, 5) is 16.6. The number of fused-ring (bicyclic) bond motifs is 5. The summed E-state index contributed by atoms with van der Waals surface area (Å²) < 4.78 is 0. The highest BCUT2D eigenvalue weighted by atomic mass is 16.3. The van der Waals surface area contributed by atoms with E-state index in [4.69, 9.17) is 5.73 Å². The van der Waals surface area contributed by atoms with Gasteiger partial charge in [0.15, 0.2) is 0 Å². The fourth-order valence-electron chi connectivity index (χ4n) is 13.7. The lowest BCUT2D eigenvalue weighted by Crippen LogP contribution is -2.50. The molecule has 3 fully saturated rings. The Kier molecular flexibility index (Phi) is 60.1. The number of rotatable bonds is 12. The molecule has 3 saturated carbocycles. The zero-order valence-electron chi connectivity index (χ0n) is 78.6. The van der Waals surface area contributed by atoms with E-state index in [2.05, 4.69) is 326 Å². The zero-order valence-corrected chi connectivity index (χ0v) is 78.6. The molecule has 4 aliphatic carbocycles. The zero-order chi connectivity index (χ0) is 88.7. The summed E-state index contributed by atoms with van der Waals surface area (Å²) >= 11 is 0. The van der Waals surface area contributed by atoms with Gasteiger partial charge >= 0.3 is 0 Å². The number of carbonyl (C=O) groups excluding carboxylic acids is 1. The predicted octanol–water partition coefficient (Wildman–Crippen LogP) is 25.1. The number of hydrogen-bond donors (Lipinski definition) is 5. The third kappa shape index (κ3) is 50.7. The number of unbranched alkanes of at least 4 members (excludes halogenated alkanes) is 1. The van der Waals surface area contributed by atoms with Crippen molar-refractivity contribution in [3.8, 4) is 94.7 Å². The average Bonchev–Trinajstić information content (AvgIpc) is 1.54. The van der Waals surface area contributed by atoms with E-state index in [0.717, 1.165) is 81.3 Å². The van der Waals surface area contributed by atoms with Gasteiger partial charge in [0, 0.05) is 71.8 Å². The van der Waals surface area contributed by atoms with Crippen molar-refractivity contribution < 1.29 is 15.0 Å². The van der Waals surface area contributed by atoms with Gasteiger partial charge in [-0.3, -0.25) is 9.69 Å². The monoisotopic (exact) mass is 1630 g/mol. The summed E-state index contributed by atoms with van der Waals surface area (Å²) in [6.45, 7) is 57.2. The summed E-state index contributed by atoms with van der Waals surface area (Å²) in [5.74, 6) is 55.9. The molecule has 0 bridgehead atoms. The largest absolute Gasteiger partial charge is 0.377 e. The summed E-state index contributed by atoms with van der Waals surface area (Å²) in [5, 5.41) is 27.0. The summed E-state index contributed by atoms with van der Waals surface area (Å²) in [6, 6.07) is 43.2. The van der Waals surface area contributed by atoms with Crippen molar-refractivity contribution in [2.45, 2.75) is 306 Å². The molecule has 8 nitrogen and oxygen atoms in total. The first-order valence-electron chi connectivity index (χ1n) is 44.4. The minimum atomic E-state index is -1.04. The Morgan fingerprint density at radius 1 is 0.617 bits per heavy atom. The molecule has 1 aromatic heterocycles. The summed E-state index contributed by atoms with van der Waals surface area (Å²) in [5.41, 5.74) is 14.3. The van der Waals surface area contributed by atoms with Gasteiger partial charge in [-0.25, -0.2) is 4.98 Å². The second-order valence-corrected chi connectivity index (χ2v) is 35.4. The average molecular weight is 1630 g/mol. The number of aromatic nitrogens is 1. The molecular formula is C112H167N5O3. The molecule has 0 spiro atoms. The van der Waals surface area contributed by atoms with Crippen molar-refractivity contribution in [1.29, 1.82) is 0 Å². The lowest BCUT2D eigenvalue weighted by Gasteiger charge is -2.52. The second-order valence-electron chi connectivity index (χ2n) is 35.4. The van der Waals surface area contributed by atoms with Gasteiger partial charge in [0.05, 0.1) is 25.2 Å². The minimum Gasteiger partial charge on any atom is -0.377 e. The Morgan fingerprint density at radius 2 is 1.14 bits per heavy atom. The van der Waals surface area contributed by atoms with Gasteiger partial charge in [-0.15, -0.1) is 0 Å². The number of benzene rings is 4. The van der Waals surface area contributed by atoms with Crippen molar-refractivity contribution >= 4 is 11.5 Å². The fourth-order valence-corrected chi connectivity index (χ4v) is 13.7. The van der Waals surface area contributed by atoms with Crippen LogP contribution in [-0.2, 0) is 16.8 Å². The van der Waals surface area contributed by atoms with E-state index in [-0.39, 0.29) is 37.6 Å². The Morgan fingerprint density at radius 3 is 1.66 bits per heavy atom. The quantitative estimate of drug-likeness (QED) is 0.0623. The standard InChI is InChI=1S/C24H32O.C15H22.C13H16O.C13H16.C11H19N.C10H11N.C9H17N.C8H13NO.C7H13N.2CH4/c1-16(2)9-13-24(25)14-11-22-21-8-6-18-15-17(3)5-7-19(18)20(21)10-12-23(22,24)4;1-13(2)9-7-8-10-14(3)15-11-5-4-6-12-15;1-11(2)9-10-13(3,14)12-7-5-4-6-8-12;1-11(2)9-10-12(3)13-7-5-4-6-8-13;1-10(2)6-9-11(12)7-4-3-5-8-11;1-9(2)6-7-10-5-3-4-8-11-10;1-5-10(4)8-6-7-9(2)3;1-7(2)5-4-6-9-8(3)10;1-7(2)5-4-6-8-3;;/h5,7,15-16,20-22,25H,6,8,10-12,14H2,1-4H3;4-6,11-13H,3,7-10H2,1-2H3;4-8,11,14H,1-3H3;4-8,11-12H,1-3H3;10H,3-5,7-8,12H2,1-2H3;3-5,8-9H,1-2H3;9H,5,8H2,1-4H3;7H,6H2,1-3H3,(H,9,10);7-8H,6H2,1-3H3;2*1H4. The lowest BCUT2D eigenvalue weighted by atomic mass is 9.53. The predicted molar refractivity (Wildman–Crippen MR) is 524 cm³/mol. The van der Waals surface area contributed by atoms with Gasteiger partial charge in [0.2, 0.25) is 5.91 Å². The molecule has 7 atom stereocenters. The molecule has 658 valence electrons. The van der Waals surface area contributed by atoms with Gasteiger partial charge in [-0.2, -0.15) is 0 Å². The second kappa shape index (κ2) is 63.5. The Bertz CT molecular complexity index is 4140. The molecular weight excluding hydrogens is 1460 g/mol. The maximum Gasteiger partial charge on any atom is 0.217 e. The highest BCUT2D eigenvalue weighted by Crippen LogP contribution is 2.64. The van der Waals surface area contributed by atoms with Crippen molar-refractivity contribution in [3.05, 3.63) is 179 Å². The van der Waals surface area contributed by atoms with Crippen LogP contribution in [0.15, 0.2) is 140 Å². The molecule has 120 heavy (non-hydrogen) atoms. The molecule has 9 rings (SSSR count). The maximum absolute atomic E-state index is 11.4. The number of nitrogens with zero attached hydrogens (tertiary/aromatic N) is 2. The van der Waals surface area contributed by atoms with Gasteiger partial charge in [-0.05, 0) is 181 Å². The smallest absolute Gasteiger partial charge is 0.217 e. The molecule has 1 heterocycles. The number of carbonyl (C=O) groups is 1. The summed E-state index contributed by atoms with van der Waals surface area (Å²) in [7, 11) is 3.98. The van der Waals surface area contributed by atoms with Gasteiger partial charge in [-0.1, -0.05) is 402 Å². The highest BCUT2D eigenvalue weighted by Gasteiger charge is 2.61. The van der Waals surface area contributed by atoms with Crippen LogP contribution in [0.1, 0.15) is 315 Å². The van der Waals surface area contributed by atoms with Crippen LogP contribution in [0.25, 0.3) is 5.57 Å². The molecule has 8 heteroatoms. The topological polar surface area (TPSA) is 124 Å². The number of pyridine rings is 1. The van der Waals surface area contributed by atoms with Crippen molar-refractivity contribution in [2.75, 3.05) is 40.3 Å². The van der Waals surface area contributed by atoms with Crippen molar-refractivity contribution in [2.24, 2.45) is 76.2 Å². The molecule has 0 saturated heterocycles. The molecule has 6 N–H and O–H groups in total. The maximum atomic E-state index is 11.4. The number of nitrogens with one attached hydrogen (secondary N) is 2. The number of nitrogens with two attached hydrogens (primary N) is 1. The van der Waals surface area contributed by atoms with Crippen LogP contribution in [-0.4, -0.2) is 77.4 Å². The molecule has 0 aliphatic heterocycles. The van der Waals surface area contributed by atoms with Crippen LogP contribution in [0.5, 0.6) is 0 Å². The van der Waals surface area contributed by atoms with E-state index in [0.29, 0.717) is 65.7 Å². The molecule has 5 aromatic rings. The highest BCUT2D eigenvalue weighted by molar-refractivity contribution is 5.73. The molecule has 4 aromatic carbocycles. The number of aryl methyl sites for hydroxylation is 2. The van der Waals surface area contributed by atoms with Crippen LogP contribution in [0.2, 0.25) is 0 Å². The van der Waals surface area contributed by atoms with Crippen LogP contribution in [0.3, 0.4) is 0 Å². The van der Waals surface area contributed by atoms with Crippen LogP contribution in [0.4, 0.5) is 0 Å². The van der Waals surface area contributed by atoms with E-state index in [1.165, 1.54) is 87.0 Å². The van der Waals surface area contributed by atoms with E-state index in [1.54, 1.807) is 24.2 Å². The SMILES string of the molecule is C.C.C=C(CCCCC(C)C)c1ccccc1.CC(=O)NCC#CC(C)C.CC(C)C#CC(C)(O)c1ccccc1.CC(C)C#CC(C)c1ccccc1.CC(C)C#CC1(N)CCCCC1.CC(C)C#Cc1ccccn1.CCN(C)CC#CC(C)C.CNCC#CC(C)C.Cc1ccc2c(c1)CCC1C2CCC2(C)C1CCC2(O)C#CC(C)C.